The second-order valence-electron chi connectivity index (χ2n) is 3.99. The summed E-state index contributed by atoms with van der Waals surface area (Å²) >= 11 is 3.12. The summed E-state index contributed by atoms with van der Waals surface area (Å²) in [5.74, 6) is -0.294. The smallest absolute Gasteiger partial charge is 0.260 e. The summed E-state index contributed by atoms with van der Waals surface area (Å²) in [6.45, 7) is 1.58. The highest BCUT2D eigenvalue weighted by Gasteiger charge is 2.14. The van der Waals surface area contributed by atoms with E-state index >= 15 is 0 Å². The lowest BCUT2D eigenvalue weighted by atomic mass is 10.3. The highest BCUT2D eigenvalue weighted by atomic mass is 79.9. The fourth-order valence-corrected chi connectivity index (χ4v) is 2.87. The zero-order valence-electron chi connectivity index (χ0n) is 10.6. The van der Waals surface area contributed by atoms with E-state index in [0.29, 0.717) is 15.9 Å². The van der Waals surface area contributed by atoms with E-state index in [1.165, 1.54) is 24.5 Å². The molecule has 0 radical (unpaired) electrons. The van der Waals surface area contributed by atoms with Gasteiger partial charge in [-0.15, -0.1) is 0 Å². The number of carbonyl (C=O) groups is 1. The fraction of sp³-hybridized carbons (Fsp3) is 0.154. The third-order valence-corrected chi connectivity index (χ3v) is 5.08. The molecule has 0 unspecified atom stereocenters. The number of amides is 1. The number of carbonyl (C=O) groups excluding carboxylic acids is 1. The number of benzene rings is 1. The van der Waals surface area contributed by atoms with Crippen molar-refractivity contribution in [2.45, 2.75) is 11.8 Å². The van der Waals surface area contributed by atoms with E-state index in [2.05, 4.69) is 21.2 Å². The number of hydrogen-bond donors (Lipinski definition) is 1. The first-order valence-electron chi connectivity index (χ1n) is 5.81. The van der Waals surface area contributed by atoms with Crippen LogP contribution in [0.3, 0.4) is 0 Å². The van der Waals surface area contributed by atoms with Crippen LogP contribution in [0.5, 0.6) is 0 Å². The summed E-state index contributed by atoms with van der Waals surface area (Å²) in [4.78, 5) is 12.2. The normalized spacial score (nSPS) is 11.3. The molecule has 0 saturated heterocycles. The Balaban J connectivity index is 2.16. The van der Waals surface area contributed by atoms with Crippen LogP contribution >= 0.6 is 15.9 Å². The first kappa shape index (κ1) is 14.8. The first-order valence-corrected chi connectivity index (χ1v) is 8.25. The molecule has 1 heterocycles. The maximum atomic E-state index is 11.9. The molecular formula is C13H12BrNO4S. The standard InChI is InChI=1S/C13H12BrNO4S/c1-2-20(17,18)10-5-3-9(4-6-10)15-13(16)11-7-8-19-12(11)14/h3-8H,2H2,1H3,(H,15,16). The highest BCUT2D eigenvalue weighted by Crippen LogP contribution is 2.20. The fourth-order valence-electron chi connectivity index (χ4n) is 1.57. The van der Waals surface area contributed by atoms with Crippen LogP contribution in [0.1, 0.15) is 17.3 Å². The molecule has 0 bridgehead atoms. The molecule has 2 rings (SSSR count). The minimum atomic E-state index is -3.23. The number of hydrogen-bond acceptors (Lipinski definition) is 4. The van der Waals surface area contributed by atoms with Gasteiger partial charge in [0, 0.05) is 5.69 Å². The van der Waals surface area contributed by atoms with Crippen molar-refractivity contribution in [2.24, 2.45) is 0 Å². The van der Waals surface area contributed by atoms with Crippen molar-refractivity contribution < 1.29 is 17.6 Å². The average Bonchev–Trinajstić information content (AvgIpc) is 2.85. The third-order valence-electron chi connectivity index (χ3n) is 2.71. The number of halogens is 1. The van der Waals surface area contributed by atoms with E-state index in [0.717, 1.165) is 0 Å². The minimum Gasteiger partial charge on any atom is -0.457 e. The van der Waals surface area contributed by atoms with E-state index in [9.17, 15) is 13.2 Å². The molecule has 5 nitrogen and oxygen atoms in total. The Bertz CT molecular complexity index is 719. The van der Waals surface area contributed by atoms with E-state index in [4.69, 9.17) is 4.42 Å². The molecule has 20 heavy (non-hydrogen) atoms. The van der Waals surface area contributed by atoms with E-state index in [1.807, 2.05) is 0 Å². The average molecular weight is 358 g/mol. The zero-order chi connectivity index (χ0) is 14.8. The summed E-state index contributed by atoms with van der Waals surface area (Å²) < 4.78 is 28.6. The molecule has 0 fully saturated rings. The molecule has 0 aliphatic heterocycles. The summed E-state index contributed by atoms with van der Waals surface area (Å²) in [5.41, 5.74) is 0.883. The van der Waals surface area contributed by atoms with Crippen LogP contribution in [-0.2, 0) is 9.84 Å². The predicted octanol–water partition coefficient (Wildman–Crippen LogP) is 3.09. The van der Waals surface area contributed by atoms with Crippen LogP contribution in [0.2, 0.25) is 0 Å². The number of anilines is 1. The Morgan fingerprint density at radius 1 is 1.25 bits per heavy atom. The van der Waals surface area contributed by atoms with Gasteiger partial charge in [0.25, 0.3) is 5.91 Å². The molecule has 106 valence electrons. The molecule has 1 aromatic heterocycles. The van der Waals surface area contributed by atoms with Crippen molar-refractivity contribution in [3.63, 3.8) is 0 Å². The molecule has 1 N–H and O–H groups in total. The molecule has 1 aromatic carbocycles. The van der Waals surface area contributed by atoms with Crippen molar-refractivity contribution in [3.05, 3.63) is 46.8 Å². The lowest BCUT2D eigenvalue weighted by Crippen LogP contribution is -2.11. The van der Waals surface area contributed by atoms with Gasteiger partial charge in [-0.1, -0.05) is 6.92 Å². The molecule has 0 spiro atoms. The van der Waals surface area contributed by atoms with Crippen LogP contribution in [0, 0.1) is 0 Å². The summed E-state index contributed by atoms with van der Waals surface area (Å²) in [5, 5.41) is 2.66. The number of rotatable bonds is 4. The Morgan fingerprint density at radius 2 is 1.90 bits per heavy atom. The molecule has 0 aliphatic carbocycles. The van der Waals surface area contributed by atoms with Crippen molar-refractivity contribution in [3.8, 4) is 0 Å². The van der Waals surface area contributed by atoms with Gasteiger partial charge in [0.1, 0.15) is 0 Å². The molecule has 0 aliphatic rings. The second kappa shape index (κ2) is 5.80. The van der Waals surface area contributed by atoms with Gasteiger partial charge in [-0.25, -0.2) is 8.42 Å². The van der Waals surface area contributed by atoms with Crippen LogP contribution in [0.15, 0.2) is 50.6 Å². The first-order chi connectivity index (χ1) is 9.44. The summed E-state index contributed by atoms with van der Waals surface area (Å²) in [7, 11) is -3.23. The van der Waals surface area contributed by atoms with Crippen LogP contribution in [0.4, 0.5) is 5.69 Å². The van der Waals surface area contributed by atoms with Crippen molar-refractivity contribution >= 4 is 37.4 Å². The van der Waals surface area contributed by atoms with Gasteiger partial charge in [0.15, 0.2) is 14.5 Å². The van der Waals surface area contributed by atoms with E-state index in [1.54, 1.807) is 19.1 Å². The Hall–Kier alpha value is -1.60. The molecule has 0 saturated carbocycles. The van der Waals surface area contributed by atoms with Crippen molar-refractivity contribution in [2.75, 3.05) is 11.1 Å². The van der Waals surface area contributed by atoms with Gasteiger partial charge in [0.2, 0.25) is 0 Å². The number of sulfone groups is 1. The minimum absolute atomic E-state index is 0.0423. The Morgan fingerprint density at radius 3 is 2.40 bits per heavy atom. The largest absolute Gasteiger partial charge is 0.457 e. The maximum absolute atomic E-state index is 11.9. The van der Waals surface area contributed by atoms with Crippen molar-refractivity contribution in [1.29, 1.82) is 0 Å². The second-order valence-corrected chi connectivity index (χ2v) is 6.99. The summed E-state index contributed by atoms with van der Waals surface area (Å²) in [6.07, 6.45) is 1.40. The van der Waals surface area contributed by atoms with Gasteiger partial charge < -0.3 is 9.73 Å². The van der Waals surface area contributed by atoms with Crippen LogP contribution in [-0.4, -0.2) is 20.1 Å². The van der Waals surface area contributed by atoms with Crippen LogP contribution in [0.25, 0.3) is 0 Å². The van der Waals surface area contributed by atoms with Crippen molar-refractivity contribution in [1.82, 2.24) is 0 Å². The molecular weight excluding hydrogens is 346 g/mol. The monoisotopic (exact) mass is 357 g/mol. The van der Waals surface area contributed by atoms with Crippen LogP contribution < -0.4 is 5.32 Å². The number of furan rings is 1. The van der Waals surface area contributed by atoms with Gasteiger partial charge in [-0.2, -0.15) is 0 Å². The van der Waals surface area contributed by atoms with Gasteiger partial charge in [0.05, 0.1) is 22.5 Å². The molecule has 7 heteroatoms. The summed E-state index contributed by atoms with van der Waals surface area (Å²) in [6, 6.07) is 7.58. The number of nitrogens with one attached hydrogen (secondary N) is 1. The van der Waals surface area contributed by atoms with E-state index < -0.39 is 9.84 Å². The third kappa shape index (κ3) is 3.10. The highest BCUT2D eigenvalue weighted by molar-refractivity contribution is 9.10. The Labute approximate surface area is 125 Å². The lowest BCUT2D eigenvalue weighted by molar-refractivity contribution is 0.102. The molecule has 0 atom stereocenters. The molecule has 2 aromatic rings. The topological polar surface area (TPSA) is 76.4 Å². The quantitative estimate of drug-likeness (QED) is 0.911. The lowest BCUT2D eigenvalue weighted by Gasteiger charge is -2.06. The van der Waals surface area contributed by atoms with Gasteiger partial charge in [-0.05, 0) is 46.3 Å². The zero-order valence-corrected chi connectivity index (χ0v) is 13.0. The van der Waals surface area contributed by atoms with E-state index in [-0.39, 0.29) is 16.6 Å². The molecule has 1 amide bonds. The Kier molecular flexibility index (Phi) is 4.29. The van der Waals surface area contributed by atoms with Gasteiger partial charge >= 0.3 is 0 Å². The predicted molar refractivity (Wildman–Crippen MR) is 78.5 cm³/mol. The SMILES string of the molecule is CCS(=O)(=O)c1ccc(NC(=O)c2ccoc2Br)cc1. The maximum Gasteiger partial charge on any atom is 0.260 e. The van der Waals surface area contributed by atoms with Gasteiger partial charge in [-0.3, -0.25) is 4.79 Å².